The maximum absolute atomic E-state index is 13.2. The number of esters is 1. The first-order valence-electron chi connectivity index (χ1n) is 13.0. The van der Waals surface area contributed by atoms with Crippen molar-refractivity contribution >= 4 is 80.6 Å². The van der Waals surface area contributed by atoms with Crippen molar-refractivity contribution in [2.24, 2.45) is 5.10 Å². The van der Waals surface area contributed by atoms with Gasteiger partial charge in [-0.25, -0.2) is 14.6 Å². The van der Waals surface area contributed by atoms with Gasteiger partial charge in [0.2, 0.25) is 0 Å². The van der Waals surface area contributed by atoms with Crippen LogP contribution in [0.2, 0.25) is 0 Å². The molecule has 13 heteroatoms. The first-order valence-corrected chi connectivity index (χ1v) is 15.6. The van der Waals surface area contributed by atoms with Crippen LogP contribution in [-0.2, 0) is 20.9 Å². The van der Waals surface area contributed by atoms with Crippen LogP contribution in [0.25, 0.3) is 0 Å². The third kappa shape index (κ3) is 8.86. The van der Waals surface area contributed by atoms with Crippen LogP contribution in [0.1, 0.15) is 36.6 Å². The van der Waals surface area contributed by atoms with Gasteiger partial charge in [-0.2, -0.15) is 5.10 Å². The zero-order valence-electron chi connectivity index (χ0n) is 23.1. The number of amides is 1. The number of hydrogen-bond acceptors (Lipinski definition) is 7. The summed E-state index contributed by atoms with van der Waals surface area (Å²) in [7, 11) is 0. The van der Waals surface area contributed by atoms with E-state index in [1.807, 2.05) is 12.1 Å². The van der Waals surface area contributed by atoms with Gasteiger partial charge in [-0.3, -0.25) is 4.79 Å². The molecule has 43 heavy (non-hydrogen) atoms. The van der Waals surface area contributed by atoms with Gasteiger partial charge in [0, 0.05) is 11.3 Å². The molecule has 1 heterocycles. The summed E-state index contributed by atoms with van der Waals surface area (Å²) in [5, 5.41) is 10.5. The van der Waals surface area contributed by atoms with Gasteiger partial charge in [0.05, 0.1) is 31.6 Å². The van der Waals surface area contributed by atoms with Crippen molar-refractivity contribution in [1.82, 2.24) is 16.1 Å². The molecule has 0 saturated heterocycles. The third-order valence-corrected chi connectivity index (χ3v) is 7.90. The molecule has 1 amide bonds. The third-order valence-electron chi connectivity index (χ3n) is 6.07. The van der Waals surface area contributed by atoms with Gasteiger partial charge in [-0.15, -0.1) is 0 Å². The lowest BCUT2D eigenvalue weighted by atomic mass is 9.95. The number of nitrogens with one attached hydrogen (secondary N) is 3. The Hall–Kier alpha value is -3.31. The number of benzene rings is 3. The minimum Gasteiger partial charge on any atom is -0.487 e. The SMILES string of the molecule is CCOC(=O)C1=C(C)NC(=S)N[C@@H]1c1ccccc1OCC(=O)NN=Cc1cc(I)c(OCc2ccc(F)cc2)c(I)c1. The van der Waals surface area contributed by atoms with Crippen molar-refractivity contribution in [3.63, 3.8) is 0 Å². The Kier molecular flexibility index (Phi) is 11.7. The molecule has 3 N–H and O–H groups in total. The highest BCUT2D eigenvalue weighted by molar-refractivity contribution is 14.1. The molecule has 3 aromatic carbocycles. The molecule has 0 spiro atoms. The highest BCUT2D eigenvalue weighted by atomic mass is 127. The fraction of sp³-hybridized carbons (Fsp3) is 0.200. The molecular weight excluding hydrogens is 801 g/mol. The maximum atomic E-state index is 13.2. The zero-order chi connectivity index (χ0) is 30.9. The van der Waals surface area contributed by atoms with Gasteiger partial charge in [0.25, 0.3) is 5.91 Å². The van der Waals surface area contributed by atoms with Crippen LogP contribution in [0.3, 0.4) is 0 Å². The van der Waals surface area contributed by atoms with E-state index < -0.39 is 17.9 Å². The summed E-state index contributed by atoms with van der Waals surface area (Å²) < 4.78 is 31.9. The summed E-state index contributed by atoms with van der Waals surface area (Å²) in [6.45, 7) is 3.70. The van der Waals surface area contributed by atoms with E-state index in [1.165, 1.54) is 18.3 Å². The Balaban J connectivity index is 1.37. The molecule has 1 aliphatic rings. The number of hydrazone groups is 1. The highest BCUT2D eigenvalue weighted by Crippen LogP contribution is 2.34. The van der Waals surface area contributed by atoms with Crippen molar-refractivity contribution in [3.8, 4) is 11.5 Å². The monoisotopic (exact) mass is 828 g/mol. The fourth-order valence-corrected chi connectivity index (χ4v) is 6.54. The molecule has 0 unspecified atom stereocenters. The Morgan fingerprint density at radius 2 is 1.79 bits per heavy atom. The number of halogens is 3. The Bertz CT molecular complexity index is 1560. The van der Waals surface area contributed by atoms with Gasteiger partial charge in [0.1, 0.15) is 23.9 Å². The van der Waals surface area contributed by atoms with Crippen LogP contribution in [0.5, 0.6) is 11.5 Å². The second kappa shape index (κ2) is 15.4. The van der Waals surface area contributed by atoms with E-state index in [1.54, 1.807) is 50.2 Å². The molecule has 0 radical (unpaired) electrons. The Morgan fingerprint density at radius 1 is 1.09 bits per heavy atom. The summed E-state index contributed by atoms with van der Waals surface area (Å²) >= 11 is 9.65. The van der Waals surface area contributed by atoms with Crippen molar-refractivity contribution in [2.45, 2.75) is 26.5 Å². The average molecular weight is 828 g/mol. The maximum Gasteiger partial charge on any atom is 0.338 e. The van der Waals surface area contributed by atoms with E-state index in [0.717, 1.165) is 18.3 Å². The second-order valence-corrected chi connectivity index (χ2v) is 11.9. The van der Waals surface area contributed by atoms with Crippen molar-refractivity contribution in [3.05, 3.63) is 102 Å². The number of nitrogens with zero attached hydrogens (tertiary/aromatic N) is 1. The molecule has 0 saturated carbocycles. The molecule has 224 valence electrons. The van der Waals surface area contributed by atoms with E-state index in [-0.39, 0.29) is 19.0 Å². The minimum absolute atomic E-state index is 0.222. The summed E-state index contributed by atoms with van der Waals surface area (Å²) in [6, 6.07) is 16.3. The summed E-state index contributed by atoms with van der Waals surface area (Å²) in [6.07, 6.45) is 1.53. The van der Waals surface area contributed by atoms with Crippen LogP contribution >= 0.6 is 57.4 Å². The van der Waals surface area contributed by atoms with Gasteiger partial charge in [-0.1, -0.05) is 30.3 Å². The normalized spacial score (nSPS) is 14.6. The topological polar surface area (TPSA) is 110 Å². The molecule has 9 nitrogen and oxygen atoms in total. The number of carbonyl (C=O) groups is 2. The van der Waals surface area contributed by atoms with E-state index in [2.05, 4.69) is 66.3 Å². The number of thiocarbonyl (C=S) groups is 1. The first kappa shape index (κ1) is 32.6. The van der Waals surface area contributed by atoms with Gasteiger partial charge < -0.3 is 24.8 Å². The molecule has 4 rings (SSSR count). The lowest BCUT2D eigenvalue weighted by Gasteiger charge is -2.30. The zero-order valence-corrected chi connectivity index (χ0v) is 28.2. The van der Waals surface area contributed by atoms with Crippen LogP contribution in [0.4, 0.5) is 4.39 Å². The molecular formula is C30H27FI2N4O5S. The van der Waals surface area contributed by atoms with Gasteiger partial charge in [0.15, 0.2) is 11.7 Å². The lowest BCUT2D eigenvalue weighted by Crippen LogP contribution is -2.45. The van der Waals surface area contributed by atoms with Crippen molar-refractivity contribution < 1.29 is 28.2 Å². The molecule has 1 atom stereocenters. The molecule has 3 aromatic rings. The van der Waals surface area contributed by atoms with Crippen molar-refractivity contribution in [2.75, 3.05) is 13.2 Å². The fourth-order valence-electron chi connectivity index (χ4n) is 4.14. The number of hydrogen-bond donors (Lipinski definition) is 3. The predicted octanol–water partition coefficient (Wildman–Crippen LogP) is 5.50. The van der Waals surface area contributed by atoms with Crippen LogP contribution in [0.15, 0.2) is 77.0 Å². The Labute approximate surface area is 280 Å². The summed E-state index contributed by atoms with van der Waals surface area (Å²) in [4.78, 5) is 25.3. The van der Waals surface area contributed by atoms with Crippen molar-refractivity contribution in [1.29, 1.82) is 0 Å². The molecule has 0 aliphatic carbocycles. The molecule has 0 fully saturated rings. The quantitative estimate of drug-likeness (QED) is 0.0766. The average Bonchev–Trinajstić information content (AvgIpc) is 2.96. The summed E-state index contributed by atoms with van der Waals surface area (Å²) in [5.41, 5.74) is 5.65. The van der Waals surface area contributed by atoms with E-state index in [0.29, 0.717) is 40.1 Å². The summed E-state index contributed by atoms with van der Waals surface area (Å²) in [5.74, 6) is -0.138. The van der Waals surface area contributed by atoms with Crippen LogP contribution in [0, 0.1) is 13.0 Å². The molecule has 0 aromatic heterocycles. The number of carbonyl (C=O) groups excluding carboxylic acids is 2. The first-order chi connectivity index (χ1) is 20.7. The predicted molar refractivity (Wildman–Crippen MR) is 181 cm³/mol. The standard InChI is InChI=1S/C30H27FI2N4O5S/c1-3-40-29(39)26-17(2)35-30(43)36-27(26)21-6-4-5-7-24(21)41-16-25(38)37-34-14-19-12-22(32)28(23(33)13-19)42-15-18-8-10-20(31)11-9-18/h4-14,27H,3,15-16H2,1-2H3,(H,37,38)(H2,35,36,43)/t27-/m1/s1. The smallest absolute Gasteiger partial charge is 0.338 e. The number of ether oxygens (including phenoxy) is 3. The number of para-hydroxylation sites is 1. The van der Waals surface area contributed by atoms with E-state index in [9.17, 15) is 14.0 Å². The highest BCUT2D eigenvalue weighted by Gasteiger charge is 2.32. The second-order valence-electron chi connectivity index (χ2n) is 9.14. The molecule has 0 bridgehead atoms. The Morgan fingerprint density at radius 3 is 2.49 bits per heavy atom. The number of allylic oxidation sites excluding steroid dienone is 1. The van der Waals surface area contributed by atoms with Crippen LogP contribution in [-0.4, -0.2) is 36.4 Å². The number of rotatable bonds is 11. The lowest BCUT2D eigenvalue weighted by molar-refractivity contribution is -0.139. The van der Waals surface area contributed by atoms with E-state index >= 15 is 0 Å². The van der Waals surface area contributed by atoms with E-state index in [4.69, 9.17) is 26.4 Å². The minimum atomic E-state index is -0.627. The van der Waals surface area contributed by atoms with Crippen LogP contribution < -0.4 is 25.5 Å². The molecule has 1 aliphatic heterocycles. The largest absolute Gasteiger partial charge is 0.487 e. The van der Waals surface area contributed by atoms with Gasteiger partial charge >= 0.3 is 5.97 Å². The van der Waals surface area contributed by atoms with Gasteiger partial charge in [-0.05, 0) is 113 Å².